The number of hydrogen-bond acceptors (Lipinski definition) is 2. The standard InChI is InChI=1S/C16H18FNO/c1-11-5-4-6-14(9-11)18(3)16-8-7-13(12(2)19)10-15(16)17/h4-10,12,19H,1-3H3/t12-/m0/s1. The number of anilines is 2. The fraction of sp³-hybridized carbons (Fsp3) is 0.250. The number of hydrogen-bond donors (Lipinski definition) is 1. The van der Waals surface area contributed by atoms with Crippen molar-refractivity contribution in [3.8, 4) is 0 Å². The lowest BCUT2D eigenvalue weighted by atomic mass is 10.1. The van der Waals surface area contributed by atoms with Gasteiger partial charge in [-0.3, -0.25) is 0 Å². The zero-order valence-electron chi connectivity index (χ0n) is 11.4. The number of aliphatic hydroxyl groups is 1. The van der Waals surface area contributed by atoms with Gasteiger partial charge in [0.05, 0.1) is 11.8 Å². The third-order valence-corrected chi connectivity index (χ3v) is 3.20. The topological polar surface area (TPSA) is 23.5 Å². The minimum Gasteiger partial charge on any atom is -0.389 e. The molecule has 0 fully saturated rings. The third-order valence-electron chi connectivity index (χ3n) is 3.20. The zero-order valence-corrected chi connectivity index (χ0v) is 11.4. The second-order valence-electron chi connectivity index (χ2n) is 4.78. The molecule has 100 valence electrons. The number of aryl methyl sites for hydroxylation is 1. The summed E-state index contributed by atoms with van der Waals surface area (Å²) in [4.78, 5) is 1.80. The van der Waals surface area contributed by atoms with Crippen molar-refractivity contribution < 1.29 is 9.50 Å². The molecule has 0 aromatic heterocycles. The van der Waals surface area contributed by atoms with Crippen molar-refractivity contribution in [2.75, 3.05) is 11.9 Å². The van der Waals surface area contributed by atoms with Crippen LogP contribution in [0.15, 0.2) is 42.5 Å². The molecular weight excluding hydrogens is 241 g/mol. The van der Waals surface area contributed by atoms with Gasteiger partial charge < -0.3 is 10.0 Å². The van der Waals surface area contributed by atoms with Crippen LogP contribution in [-0.4, -0.2) is 12.2 Å². The molecule has 2 nitrogen and oxygen atoms in total. The summed E-state index contributed by atoms with van der Waals surface area (Å²) in [6.07, 6.45) is -0.659. The molecule has 19 heavy (non-hydrogen) atoms. The zero-order chi connectivity index (χ0) is 14.0. The van der Waals surface area contributed by atoms with Crippen LogP contribution in [0.25, 0.3) is 0 Å². The molecule has 0 saturated carbocycles. The van der Waals surface area contributed by atoms with Gasteiger partial charge >= 0.3 is 0 Å². The Morgan fingerprint density at radius 3 is 2.47 bits per heavy atom. The maximum Gasteiger partial charge on any atom is 0.147 e. The van der Waals surface area contributed by atoms with Crippen LogP contribution in [0.3, 0.4) is 0 Å². The van der Waals surface area contributed by atoms with E-state index in [4.69, 9.17) is 0 Å². The molecule has 0 aliphatic carbocycles. The van der Waals surface area contributed by atoms with Crippen LogP contribution in [0.1, 0.15) is 24.2 Å². The molecule has 0 unspecified atom stereocenters. The third kappa shape index (κ3) is 2.93. The first-order valence-electron chi connectivity index (χ1n) is 6.27. The molecule has 0 spiro atoms. The van der Waals surface area contributed by atoms with E-state index in [0.717, 1.165) is 11.3 Å². The van der Waals surface area contributed by atoms with E-state index in [1.807, 2.05) is 38.2 Å². The van der Waals surface area contributed by atoms with E-state index in [2.05, 4.69) is 0 Å². The van der Waals surface area contributed by atoms with E-state index >= 15 is 0 Å². The number of nitrogens with zero attached hydrogens (tertiary/aromatic N) is 1. The van der Waals surface area contributed by atoms with Crippen LogP contribution >= 0.6 is 0 Å². The Labute approximate surface area is 113 Å². The molecule has 1 atom stereocenters. The second kappa shape index (κ2) is 5.41. The van der Waals surface area contributed by atoms with Gasteiger partial charge in [-0.15, -0.1) is 0 Å². The summed E-state index contributed by atoms with van der Waals surface area (Å²) in [5, 5.41) is 9.45. The second-order valence-corrected chi connectivity index (χ2v) is 4.78. The highest BCUT2D eigenvalue weighted by Crippen LogP contribution is 2.28. The maximum atomic E-state index is 14.1. The predicted octanol–water partition coefficient (Wildman–Crippen LogP) is 3.96. The Balaban J connectivity index is 2.36. The molecule has 0 saturated heterocycles. The van der Waals surface area contributed by atoms with Crippen LogP contribution in [0, 0.1) is 12.7 Å². The summed E-state index contributed by atoms with van der Waals surface area (Å²) >= 11 is 0. The Kier molecular flexibility index (Phi) is 3.86. The number of benzene rings is 2. The summed E-state index contributed by atoms with van der Waals surface area (Å²) in [5.41, 5.74) is 3.14. The molecule has 1 N–H and O–H groups in total. The molecule has 0 bridgehead atoms. The van der Waals surface area contributed by atoms with E-state index in [0.29, 0.717) is 11.3 Å². The van der Waals surface area contributed by atoms with E-state index < -0.39 is 6.10 Å². The van der Waals surface area contributed by atoms with Gasteiger partial charge in [0, 0.05) is 12.7 Å². The largest absolute Gasteiger partial charge is 0.389 e. The maximum absolute atomic E-state index is 14.1. The Hall–Kier alpha value is -1.87. The Morgan fingerprint density at radius 1 is 1.16 bits per heavy atom. The fourth-order valence-electron chi connectivity index (χ4n) is 2.03. The van der Waals surface area contributed by atoms with E-state index in [-0.39, 0.29) is 5.82 Å². The predicted molar refractivity (Wildman–Crippen MR) is 76.3 cm³/mol. The van der Waals surface area contributed by atoms with E-state index in [1.54, 1.807) is 24.0 Å². The lowest BCUT2D eigenvalue weighted by Crippen LogP contribution is -2.11. The molecule has 0 aliphatic heterocycles. The van der Waals surface area contributed by atoms with Crippen molar-refractivity contribution in [1.29, 1.82) is 0 Å². The SMILES string of the molecule is Cc1cccc(N(C)c2ccc([C@H](C)O)cc2F)c1. The van der Waals surface area contributed by atoms with Crippen molar-refractivity contribution >= 4 is 11.4 Å². The van der Waals surface area contributed by atoms with Crippen LogP contribution in [-0.2, 0) is 0 Å². The summed E-state index contributed by atoms with van der Waals surface area (Å²) in [7, 11) is 1.83. The number of aliphatic hydroxyl groups excluding tert-OH is 1. The highest BCUT2D eigenvalue weighted by atomic mass is 19.1. The average Bonchev–Trinajstić information content (AvgIpc) is 2.37. The highest BCUT2D eigenvalue weighted by Gasteiger charge is 2.11. The van der Waals surface area contributed by atoms with Gasteiger partial charge in [0.15, 0.2) is 0 Å². The highest BCUT2D eigenvalue weighted by molar-refractivity contribution is 5.63. The van der Waals surface area contributed by atoms with E-state index in [1.165, 1.54) is 6.07 Å². The van der Waals surface area contributed by atoms with Crippen LogP contribution in [0.2, 0.25) is 0 Å². The van der Waals surface area contributed by atoms with Gasteiger partial charge in [0.25, 0.3) is 0 Å². The van der Waals surface area contributed by atoms with Crippen molar-refractivity contribution in [3.05, 3.63) is 59.4 Å². The molecule has 0 heterocycles. The smallest absolute Gasteiger partial charge is 0.147 e. The summed E-state index contributed by atoms with van der Waals surface area (Å²) < 4.78 is 14.1. The van der Waals surface area contributed by atoms with Crippen LogP contribution in [0.5, 0.6) is 0 Å². The summed E-state index contributed by atoms with van der Waals surface area (Å²) in [5.74, 6) is -0.331. The Morgan fingerprint density at radius 2 is 1.89 bits per heavy atom. The van der Waals surface area contributed by atoms with Crippen LogP contribution < -0.4 is 4.90 Å². The minimum absolute atomic E-state index is 0.331. The van der Waals surface area contributed by atoms with Crippen molar-refractivity contribution in [3.63, 3.8) is 0 Å². The van der Waals surface area contributed by atoms with Crippen molar-refractivity contribution in [1.82, 2.24) is 0 Å². The van der Waals surface area contributed by atoms with Gasteiger partial charge in [-0.1, -0.05) is 18.2 Å². The Bertz CT molecular complexity index is 581. The first-order valence-corrected chi connectivity index (χ1v) is 6.27. The molecule has 0 amide bonds. The minimum atomic E-state index is -0.659. The number of rotatable bonds is 3. The lowest BCUT2D eigenvalue weighted by Gasteiger charge is -2.21. The van der Waals surface area contributed by atoms with Crippen molar-refractivity contribution in [2.45, 2.75) is 20.0 Å². The average molecular weight is 259 g/mol. The van der Waals surface area contributed by atoms with Gasteiger partial charge in [-0.25, -0.2) is 4.39 Å². The van der Waals surface area contributed by atoms with Crippen molar-refractivity contribution in [2.24, 2.45) is 0 Å². The molecule has 2 aromatic rings. The lowest BCUT2D eigenvalue weighted by molar-refractivity contribution is 0.199. The monoisotopic (exact) mass is 259 g/mol. The fourth-order valence-corrected chi connectivity index (χ4v) is 2.03. The normalized spacial score (nSPS) is 12.3. The van der Waals surface area contributed by atoms with Crippen LogP contribution in [0.4, 0.5) is 15.8 Å². The first-order chi connectivity index (χ1) is 8.99. The molecule has 2 aromatic carbocycles. The number of halogens is 1. The molecule has 0 aliphatic rings. The van der Waals surface area contributed by atoms with Gasteiger partial charge in [-0.05, 0) is 49.2 Å². The van der Waals surface area contributed by atoms with E-state index in [9.17, 15) is 9.50 Å². The summed E-state index contributed by atoms with van der Waals surface area (Å²) in [6.45, 7) is 3.63. The quantitative estimate of drug-likeness (QED) is 0.902. The van der Waals surface area contributed by atoms with Gasteiger partial charge in [-0.2, -0.15) is 0 Å². The molecule has 2 rings (SSSR count). The van der Waals surface area contributed by atoms with Gasteiger partial charge in [0.1, 0.15) is 5.82 Å². The molecular formula is C16H18FNO. The van der Waals surface area contributed by atoms with Gasteiger partial charge in [0.2, 0.25) is 0 Å². The molecule has 3 heteroatoms. The molecule has 0 radical (unpaired) electrons. The summed E-state index contributed by atoms with van der Waals surface area (Å²) in [6, 6.07) is 12.7. The first kappa shape index (κ1) is 13.6.